The number of carbonyl (C=O) groups is 2. The molecule has 2 aliphatic rings. The van der Waals surface area contributed by atoms with E-state index in [0.717, 1.165) is 58.4 Å². The van der Waals surface area contributed by atoms with Crippen LogP contribution in [0.5, 0.6) is 0 Å². The Bertz CT molecular complexity index is 1790. The van der Waals surface area contributed by atoms with Crippen molar-refractivity contribution in [3.8, 4) is 11.1 Å². The maximum absolute atomic E-state index is 13.7. The second kappa shape index (κ2) is 11.5. The predicted molar refractivity (Wildman–Crippen MR) is 186 cm³/mol. The highest BCUT2D eigenvalue weighted by atomic mass is 16.5. The minimum atomic E-state index is -0.317. The third kappa shape index (κ3) is 6.84. The summed E-state index contributed by atoms with van der Waals surface area (Å²) in [5.41, 5.74) is 2.40. The van der Waals surface area contributed by atoms with Gasteiger partial charge in [0, 0.05) is 47.8 Å². The Labute approximate surface area is 273 Å². The lowest BCUT2D eigenvalue weighted by molar-refractivity contribution is -0.00756. The topological polar surface area (TPSA) is 76.7 Å². The minimum Gasteiger partial charge on any atom is -0.459 e. The van der Waals surface area contributed by atoms with E-state index in [9.17, 15) is 9.59 Å². The SMILES string of the molecule is CC1(C)CC(OC(=O)c2cc(-c3cccc4c(C(=O)OC5CC(C)(C)NC(C)(C)C5)cccc34)c3ccccc3c2)CC(C)(C)N1. The van der Waals surface area contributed by atoms with Gasteiger partial charge in [-0.1, -0.05) is 54.6 Å². The van der Waals surface area contributed by atoms with Gasteiger partial charge >= 0.3 is 11.9 Å². The van der Waals surface area contributed by atoms with Crippen molar-refractivity contribution in [3.63, 3.8) is 0 Å². The number of ether oxygens (including phenoxy) is 2. The molecular formula is C40H48N2O4. The third-order valence-corrected chi connectivity index (χ3v) is 9.38. The van der Waals surface area contributed by atoms with Gasteiger partial charge in [-0.25, -0.2) is 9.59 Å². The van der Waals surface area contributed by atoms with Crippen LogP contribution in [0.3, 0.4) is 0 Å². The van der Waals surface area contributed by atoms with Gasteiger partial charge in [0.05, 0.1) is 11.1 Å². The lowest BCUT2D eigenvalue weighted by atomic mass is 9.81. The van der Waals surface area contributed by atoms with E-state index >= 15 is 0 Å². The van der Waals surface area contributed by atoms with Crippen molar-refractivity contribution in [2.75, 3.05) is 0 Å². The monoisotopic (exact) mass is 620 g/mol. The molecule has 0 bridgehead atoms. The number of fused-ring (bicyclic) bond motifs is 2. The van der Waals surface area contributed by atoms with Gasteiger partial charge in [-0.2, -0.15) is 0 Å². The van der Waals surface area contributed by atoms with Crippen molar-refractivity contribution in [2.24, 2.45) is 0 Å². The first-order valence-corrected chi connectivity index (χ1v) is 16.6. The molecule has 6 nitrogen and oxygen atoms in total. The third-order valence-electron chi connectivity index (χ3n) is 9.38. The molecule has 6 heteroatoms. The summed E-state index contributed by atoms with van der Waals surface area (Å²) >= 11 is 0. The molecule has 2 heterocycles. The number of esters is 2. The van der Waals surface area contributed by atoms with Crippen molar-refractivity contribution in [2.45, 2.75) is 115 Å². The zero-order valence-electron chi connectivity index (χ0n) is 28.5. The van der Waals surface area contributed by atoms with E-state index in [1.807, 2.05) is 60.7 Å². The van der Waals surface area contributed by atoms with Crippen molar-refractivity contribution in [3.05, 3.63) is 83.9 Å². The van der Waals surface area contributed by atoms with Crippen LogP contribution in [0.15, 0.2) is 72.8 Å². The molecule has 2 saturated heterocycles. The zero-order valence-corrected chi connectivity index (χ0v) is 28.5. The molecule has 2 aliphatic heterocycles. The number of carbonyl (C=O) groups excluding carboxylic acids is 2. The first-order chi connectivity index (χ1) is 21.5. The standard InChI is InChI=1S/C40H48N2O4/c1-37(2)21-27(22-38(3,4)41-37)45-35(43)26-19-25-13-9-10-14-29(25)34(20-26)32-17-11-16-31-30(32)15-12-18-33(31)36(44)46-28-23-39(5,6)42-40(7,8)24-28/h9-20,27-28,41-42H,21-24H2,1-8H3. The van der Waals surface area contributed by atoms with Gasteiger partial charge in [0.2, 0.25) is 0 Å². The van der Waals surface area contributed by atoms with E-state index in [-0.39, 0.29) is 46.3 Å². The van der Waals surface area contributed by atoms with Gasteiger partial charge < -0.3 is 20.1 Å². The lowest BCUT2D eigenvalue weighted by Crippen LogP contribution is -2.59. The summed E-state index contributed by atoms with van der Waals surface area (Å²) < 4.78 is 12.4. The Kier molecular flexibility index (Phi) is 8.05. The number of rotatable bonds is 5. The molecule has 2 fully saturated rings. The van der Waals surface area contributed by atoms with Crippen LogP contribution in [0.4, 0.5) is 0 Å². The van der Waals surface area contributed by atoms with Crippen LogP contribution in [-0.4, -0.2) is 46.3 Å². The summed E-state index contributed by atoms with van der Waals surface area (Å²) in [6.07, 6.45) is 2.63. The van der Waals surface area contributed by atoms with E-state index in [0.29, 0.717) is 11.1 Å². The van der Waals surface area contributed by atoms with Crippen LogP contribution in [0.25, 0.3) is 32.7 Å². The van der Waals surface area contributed by atoms with Gasteiger partial charge in [-0.15, -0.1) is 0 Å². The summed E-state index contributed by atoms with van der Waals surface area (Å²) in [6, 6.07) is 23.8. The maximum atomic E-state index is 13.7. The van der Waals surface area contributed by atoms with Gasteiger partial charge in [0.25, 0.3) is 0 Å². The summed E-state index contributed by atoms with van der Waals surface area (Å²) in [5.74, 6) is -0.626. The molecule has 6 rings (SSSR count). The summed E-state index contributed by atoms with van der Waals surface area (Å²) in [6.45, 7) is 17.2. The molecule has 0 radical (unpaired) electrons. The zero-order chi connectivity index (χ0) is 33.1. The molecular weight excluding hydrogens is 572 g/mol. The minimum absolute atomic E-state index is 0.133. The quantitative estimate of drug-likeness (QED) is 0.218. The van der Waals surface area contributed by atoms with Crippen LogP contribution in [0, 0.1) is 0 Å². The Morgan fingerprint density at radius 2 is 1.07 bits per heavy atom. The van der Waals surface area contributed by atoms with Crippen molar-refractivity contribution < 1.29 is 19.1 Å². The molecule has 0 amide bonds. The second-order valence-electron chi connectivity index (χ2n) is 16.1. The number of hydrogen-bond donors (Lipinski definition) is 2. The fourth-order valence-electron chi connectivity index (χ4n) is 8.43. The Morgan fingerprint density at radius 3 is 1.67 bits per heavy atom. The molecule has 0 unspecified atom stereocenters. The first kappa shape index (κ1) is 32.2. The van der Waals surface area contributed by atoms with Crippen molar-refractivity contribution in [1.82, 2.24) is 10.6 Å². The Balaban J connectivity index is 1.36. The average molecular weight is 621 g/mol. The fraction of sp³-hybridized carbons (Fsp3) is 0.450. The van der Waals surface area contributed by atoms with Crippen LogP contribution in [0.2, 0.25) is 0 Å². The smallest absolute Gasteiger partial charge is 0.339 e. The summed E-state index contributed by atoms with van der Waals surface area (Å²) in [4.78, 5) is 27.5. The number of piperidine rings is 2. The first-order valence-electron chi connectivity index (χ1n) is 16.6. The molecule has 0 aromatic heterocycles. The molecule has 46 heavy (non-hydrogen) atoms. The highest BCUT2D eigenvalue weighted by molar-refractivity contribution is 6.12. The summed E-state index contributed by atoms with van der Waals surface area (Å²) in [5, 5.41) is 11.1. The molecule has 242 valence electrons. The summed E-state index contributed by atoms with van der Waals surface area (Å²) in [7, 11) is 0. The predicted octanol–water partition coefficient (Wildman–Crippen LogP) is 8.59. The number of hydrogen-bond acceptors (Lipinski definition) is 6. The molecule has 0 spiro atoms. The molecule has 0 saturated carbocycles. The maximum Gasteiger partial charge on any atom is 0.339 e. The van der Waals surface area contributed by atoms with Crippen LogP contribution >= 0.6 is 0 Å². The van der Waals surface area contributed by atoms with E-state index in [2.05, 4.69) is 78.2 Å². The van der Waals surface area contributed by atoms with E-state index in [1.165, 1.54) is 0 Å². The van der Waals surface area contributed by atoms with Crippen molar-refractivity contribution in [1.29, 1.82) is 0 Å². The molecule has 4 aromatic rings. The van der Waals surface area contributed by atoms with Crippen LogP contribution < -0.4 is 10.6 Å². The van der Waals surface area contributed by atoms with E-state index in [1.54, 1.807) is 0 Å². The number of benzene rings is 4. The Hall–Kier alpha value is -3.74. The largest absolute Gasteiger partial charge is 0.459 e. The van der Waals surface area contributed by atoms with Crippen molar-refractivity contribution >= 4 is 33.5 Å². The Morgan fingerprint density at radius 1 is 0.565 bits per heavy atom. The van der Waals surface area contributed by atoms with Crippen LogP contribution in [-0.2, 0) is 9.47 Å². The molecule has 0 atom stereocenters. The van der Waals surface area contributed by atoms with Gasteiger partial charge in [0.15, 0.2) is 0 Å². The highest BCUT2D eigenvalue weighted by Gasteiger charge is 2.40. The molecule has 2 N–H and O–H groups in total. The number of nitrogens with one attached hydrogen (secondary N) is 2. The van der Waals surface area contributed by atoms with Gasteiger partial charge in [-0.05, 0) is 106 Å². The van der Waals surface area contributed by atoms with Gasteiger partial charge in [0.1, 0.15) is 12.2 Å². The highest BCUT2D eigenvalue weighted by Crippen LogP contribution is 2.38. The lowest BCUT2D eigenvalue weighted by Gasteiger charge is -2.45. The fourth-order valence-corrected chi connectivity index (χ4v) is 8.43. The normalized spacial score (nSPS) is 20.8. The van der Waals surface area contributed by atoms with E-state index < -0.39 is 0 Å². The van der Waals surface area contributed by atoms with E-state index in [4.69, 9.17) is 9.47 Å². The molecule has 0 aliphatic carbocycles. The molecule has 4 aromatic carbocycles. The average Bonchev–Trinajstić information content (AvgIpc) is 2.92. The van der Waals surface area contributed by atoms with Gasteiger partial charge in [-0.3, -0.25) is 0 Å². The van der Waals surface area contributed by atoms with Crippen LogP contribution in [0.1, 0.15) is 102 Å². The second-order valence-corrected chi connectivity index (χ2v) is 16.1.